The molecule has 0 aromatic heterocycles. The second-order valence-electron chi connectivity index (χ2n) is 5.40. The number of hydrogen-bond donors (Lipinski definition) is 4. The van der Waals surface area contributed by atoms with Crippen LogP contribution < -0.4 is 5.73 Å². The van der Waals surface area contributed by atoms with E-state index in [2.05, 4.69) is 0 Å². The Labute approximate surface area is 136 Å². The zero-order valence-corrected chi connectivity index (χ0v) is 12.9. The first-order chi connectivity index (χ1) is 11.0. The molecule has 0 bridgehead atoms. The number of benzene rings is 1. The van der Waals surface area contributed by atoms with Crippen molar-refractivity contribution in [3.63, 3.8) is 0 Å². The third kappa shape index (κ3) is 2.96. The van der Waals surface area contributed by atoms with Gasteiger partial charge < -0.3 is 21.1 Å². The van der Waals surface area contributed by atoms with Gasteiger partial charge in [-0.15, -0.1) is 0 Å². The van der Waals surface area contributed by atoms with E-state index in [1.54, 1.807) is 0 Å². The van der Waals surface area contributed by atoms with Crippen molar-refractivity contribution >= 4 is 27.9 Å². The van der Waals surface area contributed by atoms with Crippen LogP contribution in [-0.2, 0) is 19.6 Å². The van der Waals surface area contributed by atoms with Crippen molar-refractivity contribution in [1.82, 2.24) is 4.31 Å². The second kappa shape index (κ2) is 5.85. The normalized spacial score (nSPS) is 24.6. The van der Waals surface area contributed by atoms with Crippen LogP contribution in [0.5, 0.6) is 0 Å². The summed E-state index contributed by atoms with van der Waals surface area (Å²) in [5.41, 5.74) is 3.45. The van der Waals surface area contributed by atoms with Crippen molar-refractivity contribution in [2.75, 3.05) is 6.54 Å². The molecule has 1 aromatic carbocycles. The van der Waals surface area contributed by atoms with E-state index in [1.165, 1.54) is 0 Å². The Bertz CT molecular complexity index is 804. The molecule has 2 atom stereocenters. The Kier molecular flexibility index (Phi) is 4.35. The summed E-state index contributed by atoms with van der Waals surface area (Å²) in [4.78, 5) is 33.0. The van der Waals surface area contributed by atoms with E-state index < -0.39 is 52.5 Å². The highest BCUT2D eigenvalue weighted by Gasteiger charge is 2.53. The molecule has 0 saturated carbocycles. The summed E-state index contributed by atoms with van der Waals surface area (Å²) in [5, 5.41) is 27.1. The van der Waals surface area contributed by atoms with Gasteiger partial charge in [0.1, 0.15) is 11.6 Å². The van der Waals surface area contributed by atoms with Crippen molar-refractivity contribution in [2.45, 2.75) is 22.9 Å². The smallest absolute Gasteiger partial charge is 0.335 e. The van der Waals surface area contributed by atoms with E-state index in [9.17, 15) is 27.9 Å². The number of sulfonamides is 1. The van der Waals surface area contributed by atoms with Crippen molar-refractivity contribution in [3.8, 4) is 0 Å². The summed E-state index contributed by atoms with van der Waals surface area (Å²) >= 11 is 0. The van der Waals surface area contributed by atoms with Gasteiger partial charge in [-0.1, -0.05) is 0 Å². The summed E-state index contributed by atoms with van der Waals surface area (Å²) in [6.07, 6.45) is -0.579. The van der Waals surface area contributed by atoms with Crippen LogP contribution in [0.25, 0.3) is 0 Å². The molecule has 5 N–H and O–H groups in total. The molecule has 0 unspecified atom stereocenters. The molecule has 0 spiro atoms. The standard InChI is InChI=1S/C13H14N2O8S/c14-13(12(20)21)5-9(11(18)19)15(6-13)24(22,23)8-3-1-7(2-4-8)10(16)17/h1-4,9H,5-6,14H2,(H,16,17)(H,18,19)(H,20,21)/t9-,13+/m0/s1. The summed E-state index contributed by atoms with van der Waals surface area (Å²) in [7, 11) is -4.36. The first-order valence-electron chi connectivity index (χ1n) is 6.59. The fourth-order valence-corrected chi connectivity index (χ4v) is 4.07. The number of carboxylic acids is 3. The van der Waals surface area contributed by atoms with Gasteiger partial charge in [-0.05, 0) is 24.3 Å². The number of carbonyl (C=O) groups is 3. The van der Waals surface area contributed by atoms with Gasteiger partial charge in [0.2, 0.25) is 10.0 Å². The van der Waals surface area contributed by atoms with Gasteiger partial charge in [-0.25, -0.2) is 13.2 Å². The van der Waals surface area contributed by atoms with Gasteiger partial charge in [0.25, 0.3) is 0 Å². The van der Waals surface area contributed by atoms with Crippen molar-refractivity contribution in [3.05, 3.63) is 29.8 Å². The second-order valence-corrected chi connectivity index (χ2v) is 7.29. The maximum absolute atomic E-state index is 12.6. The first-order valence-corrected chi connectivity index (χ1v) is 8.03. The Balaban J connectivity index is 2.44. The Morgan fingerprint density at radius 3 is 2.08 bits per heavy atom. The molecule has 0 radical (unpaired) electrons. The monoisotopic (exact) mass is 358 g/mol. The first kappa shape index (κ1) is 17.8. The quantitative estimate of drug-likeness (QED) is 0.515. The van der Waals surface area contributed by atoms with Crippen LogP contribution in [0.15, 0.2) is 29.2 Å². The lowest BCUT2D eigenvalue weighted by molar-refractivity contribution is -0.142. The highest BCUT2D eigenvalue weighted by molar-refractivity contribution is 7.89. The Hall–Kier alpha value is -2.50. The number of rotatable bonds is 5. The van der Waals surface area contributed by atoms with Crippen LogP contribution >= 0.6 is 0 Å². The maximum Gasteiger partial charge on any atom is 0.335 e. The SMILES string of the molecule is N[C@]1(C(=O)O)C[C@@H](C(=O)O)N(S(=O)(=O)c2ccc(C(=O)O)cc2)C1. The average molecular weight is 358 g/mol. The van der Waals surface area contributed by atoms with Crippen LogP contribution in [-0.4, -0.2) is 64.1 Å². The molecule has 1 aliphatic heterocycles. The number of nitrogens with zero attached hydrogens (tertiary/aromatic N) is 1. The number of aromatic carboxylic acids is 1. The van der Waals surface area contributed by atoms with Gasteiger partial charge in [-0.2, -0.15) is 4.31 Å². The van der Waals surface area contributed by atoms with Crippen LogP contribution in [0.2, 0.25) is 0 Å². The Morgan fingerprint density at radius 2 is 1.67 bits per heavy atom. The third-order valence-corrected chi connectivity index (χ3v) is 5.63. The molecule has 24 heavy (non-hydrogen) atoms. The third-order valence-electron chi connectivity index (χ3n) is 3.76. The lowest BCUT2D eigenvalue weighted by Crippen LogP contribution is -2.50. The number of aliphatic carboxylic acids is 2. The zero-order valence-electron chi connectivity index (χ0n) is 12.1. The molecule has 11 heteroatoms. The highest BCUT2D eigenvalue weighted by atomic mass is 32.2. The molecule has 1 aromatic rings. The predicted octanol–water partition coefficient (Wildman–Crippen LogP) is -0.985. The molecular weight excluding hydrogens is 344 g/mol. The number of carboxylic acid groups (broad SMARTS) is 3. The molecule has 1 saturated heterocycles. The zero-order chi connectivity index (χ0) is 18.3. The van der Waals surface area contributed by atoms with E-state index in [4.69, 9.17) is 15.9 Å². The lowest BCUT2D eigenvalue weighted by atomic mass is 9.98. The van der Waals surface area contributed by atoms with E-state index in [0.29, 0.717) is 4.31 Å². The van der Waals surface area contributed by atoms with Gasteiger partial charge in [0, 0.05) is 13.0 Å². The van der Waals surface area contributed by atoms with Gasteiger partial charge in [0.15, 0.2) is 0 Å². The van der Waals surface area contributed by atoms with Crippen LogP contribution in [0.3, 0.4) is 0 Å². The summed E-state index contributed by atoms with van der Waals surface area (Å²) in [6.45, 7) is -0.706. The molecule has 2 rings (SSSR count). The topological polar surface area (TPSA) is 175 Å². The van der Waals surface area contributed by atoms with Gasteiger partial charge in [0.05, 0.1) is 10.5 Å². The van der Waals surface area contributed by atoms with Gasteiger partial charge in [-0.3, -0.25) is 9.59 Å². The number of hydrogen-bond acceptors (Lipinski definition) is 6. The van der Waals surface area contributed by atoms with E-state index in [0.717, 1.165) is 24.3 Å². The largest absolute Gasteiger partial charge is 0.480 e. The molecule has 0 amide bonds. The average Bonchev–Trinajstić information content (AvgIpc) is 2.88. The molecular formula is C13H14N2O8S. The van der Waals surface area contributed by atoms with E-state index in [-0.39, 0.29) is 10.5 Å². The molecule has 1 heterocycles. The molecule has 130 valence electrons. The molecule has 1 fully saturated rings. The fraction of sp³-hybridized carbons (Fsp3) is 0.308. The predicted molar refractivity (Wildman–Crippen MR) is 77.9 cm³/mol. The minimum atomic E-state index is -4.36. The van der Waals surface area contributed by atoms with Gasteiger partial charge >= 0.3 is 17.9 Å². The summed E-state index contributed by atoms with van der Waals surface area (Å²) < 4.78 is 25.7. The van der Waals surface area contributed by atoms with E-state index in [1.807, 2.05) is 0 Å². The maximum atomic E-state index is 12.6. The Morgan fingerprint density at radius 1 is 1.12 bits per heavy atom. The fourth-order valence-electron chi connectivity index (χ4n) is 2.42. The molecule has 0 aliphatic carbocycles. The minimum absolute atomic E-state index is 0.149. The lowest BCUT2D eigenvalue weighted by Gasteiger charge is -2.21. The van der Waals surface area contributed by atoms with Crippen molar-refractivity contribution < 1.29 is 38.1 Å². The van der Waals surface area contributed by atoms with Crippen LogP contribution in [0.1, 0.15) is 16.8 Å². The summed E-state index contributed by atoms with van der Waals surface area (Å²) in [5.74, 6) is -4.28. The molecule has 10 nitrogen and oxygen atoms in total. The minimum Gasteiger partial charge on any atom is -0.480 e. The molecule has 1 aliphatic rings. The summed E-state index contributed by atoms with van der Waals surface area (Å²) in [6, 6.07) is 2.49. The van der Waals surface area contributed by atoms with Crippen molar-refractivity contribution in [1.29, 1.82) is 0 Å². The van der Waals surface area contributed by atoms with Crippen LogP contribution in [0.4, 0.5) is 0 Å². The van der Waals surface area contributed by atoms with Crippen molar-refractivity contribution in [2.24, 2.45) is 5.73 Å². The van der Waals surface area contributed by atoms with Crippen LogP contribution in [0, 0.1) is 0 Å². The number of nitrogens with two attached hydrogens (primary N) is 1. The van der Waals surface area contributed by atoms with E-state index >= 15 is 0 Å². The highest BCUT2D eigenvalue weighted by Crippen LogP contribution is 2.31.